The lowest BCUT2D eigenvalue weighted by Crippen LogP contribution is -2.26. The molecule has 2 aromatic rings. The summed E-state index contributed by atoms with van der Waals surface area (Å²) in [5, 5.41) is 0. The molecular weight excluding hydrogens is 290 g/mol. The van der Waals surface area contributed by atoms with Gasteiger partial charge in [0.15, 0.2) is 0 Å². The van der Waals surface area contributed by atoms with Gasteiger partial charge < -0.3 is 0 Å². The largest absolute Gasteiger partial charge is 0.240 e. The van der Waals surface area contributed by atoms with E-state index < -0.39 is 10.0 Å². The molecule has 0 saturated heterocycles. The van der Waals surface area contributed by atoms with Gasteiger partial charge in [0.1, 0.15) is 0 Å². The first-order chi connectivity index (χ1) is 9.59. The fraction of sp³-hybridized carbons (Fsp3) is 0.200. The zero-order valence-corrected chi connectivity index (χ0v) is 12.9. The van der Waals surface area contributed by atoms with Crippen LogP contribution in [-0.4, -0.2) is 20.7 Å². The lowest BCUT2D eigenvalue weighted by molar-refractivity contribution is 0.583. The van der Waals surface area contributed by atoms with E-state index in [1.54, 1.807) is 36.9 Å². The van der Waals surface area contributed by atoms with Crippen molar-refractivity contribution in [1.29, 1.82) is 0 Å². The smallest absolute Gasteiger partial charge is 0.210 e. The van der Waals surface area contributed by atoms with Crippen molar-refractivity contribution in [3.05, 3.63) is 60.2 Å². The first kappa shape index (κ1) is 15.1. The van der Waals surface area contributed by atoms with Crippen molar-refractivity contribution in [3.63, 3.8) is 0 Å². The summed E-state index contributed by atoms with van der Waals surface area (Å²) in [4.78, 5) is 1.49. The molecule has 0 amide bonds. The summed E-state index contributed by atoms with van der Waals surface area (Å²) >= 11 is 1.63. The summed E-state index contributed by atoms with van der Waals surface area (Å²) in [7, 11) is -3.41. The monoisotopic (exact) mass is 307 g/mol. The first-order valence-electron chi connectivity index (χ1n) is 6.33. The minimum atomic E-state index is -3.41. The van der Waals surface area contributed by atoms with Crippen LogP contribution >= 0.6 is 11.8 Å². The zero-order valence-electron chi connectivity index (χ0n) is 11.2. The van der Waals surface area contributed by atoms with Gasteiger partial charge in [0.2, 0.25) is 10.0 Å². The molecule has 0 fully saturated rings. The van der Waals surface area contributed by atoms with Gasteiger partial charge in [-0.2, -0.15) is 0 Å². The molecule has 0 radical (unpaired) electrons. The van der Waals surface area contributed by atoms with Crippen molar-refractivity contribution in [2.24, 2.45) is 0 Å². The maximum atomic E-state index is 12.1. The quantitative estimate of drug-likeness (QED) is 0.659. The third-order valence-corrected chi connectivity index (χ3v) is 5.42. The Bertz CT molecular complexity index is 655. The Hall–Kier alpha value is -1.30. The van der Waals surface area contributed by atoms with E-state index in [0.717, 1.165) is 10.5 Å². The van der Waals surface area contributed by atoms with Crippen molar-refractivity contribution in [1.82, 2.24) is 4.72 Å². The number of sulfonamides is 1. The van der Waals surface area contributed by atoms with Crippen LogP contribution in [0.2, 0.25) is 0 Å². The highest BCUT2D eigenvalue weighted by molar-refractivity contribution is 7.99. The van der Waals surface area contributed by atoms with Gasteiger partial charge in [-0.1, -0.05) is 36.4 Å². The van der Waals surface area contributed by atoms with Crippen LogP contribution in [0.25, 0.3) is 0 Å². The summed E-state index contributed by atoms with van der Waals surface area (Å²) in [6.07, 6.45) is 0. The molecule has 3 nitrogen and oxygen atoms in total. The molecule has 0 aliphatic carbocycles. The Morgan fingerprint density at radius 3 is 2.35 bits per heavy atom. The minimum Gasteiger partial charge on any atom is -0.210 e. The van der Waals surface area contributed by atoms with Crippen LogP contribution < -0.4 is 4.72 Å². The van der Waals surface area contributed by atoms with E-state index in [0.29, 0.717) is 17.2 Å². The Balaban J connectivity index is 1.89. The highest BCUT2D eigenvalue weighted by Gasteiger charge is 2.15. The number of thioether (sulfide) groups is 1. The second kappa shape index (κ2) is 6.92. The van der Waals surface area contributed by atoms with Crippen molar-refractivity contribution in [3.8, 4) is 0 Å². The Kier molecular flexibility index (Phi) is 5.23. The van der Waals surface area contributed by atoms with Gasteiger partial charge in [-0.15, -0.1) is 11.8 Å². The van der Waals surface area contributed by atoms with Gasteiger partial charge in [-0.25, -0.2) is 13.1 Å². The van der Waals surface area contributed by atoms with Crippen LogP contribution in [-0.2, 0) is 10.0 Å². The average Bonchev–Trinajstić information content (AvgIpc) is 2.45. The van der Waals surface area contributed by atoms with Gasteiger partial charge in [0, 0.05) is 17.2 Å². The Morgan fingerprint density at radius 1 is 1.00 bits per heavy atom. The molecular formula is C15H17NO2S2. The van der Waals surface area contributed by atoms with Crippen molar-refractivity contribution in [2.75, 3.05) is 12.3 Å². The van der Waals surface area contributed by atoms with Crippen LogP contribution in [0.4, 0.5) is 0 Å². The van der Waals surface area contributed by atoms with E-state index in [2.05, 4.69) is 4.72 Å². The van der Waals surface area contributed by atoms with Crippen LogP contribution in [0.5, 0.6) is 0 Å². The Morgan fingerprint density at radius 2 is 1.65 bits per heavy atom. The van der Waals surface area contributed by atoms with Crippen molar-refractivity contribution < 1.29 is 8.42 Å². The van der Waals surface area contributed by atoms with Gasteiger partial charge in [0.25, 0.3) is 0 Å². The van der Waals surface area contributed by atoms with Crippen LogP contribution in [0.3, 0.4) is 0 Å². The van der Waals surface area contributed by atoms with E-state index in [-0.39, 0.29) is 0 Å². The van der Waals surface area contributed by atoms with Crippen molar-refractivity contribution in [2.45, 2.75) is 16.7 Å². The van der Waals surface area contributed by atoms with E-state index >= 15 is 0 Å². The number of rotatable bonds is 6. The van der Waals surface area contributed by atoms with E-state index in [1.807, 2.05) is 36.4 Å². The summed E-state index contributed by atoms with van der Waals surface area (Å²) in [6.45, 7) is 2.21. The highest BCUT2D eigenvalue weighted by Crippen LogP contribution is 2.17. The minimum absolute atomic E-state index is 0.352. The van der Waals surface area contributed by atoms with Crippen LogP contribution in [0.15, 0.2) is 64.4 Å². The molecule has 106 valence electrons. The molecule has 0 aromatic heterocycles. The predicted molar refractivity (Wildman–Crippen MR) is 83.5 cm³/mol. The number of nitrogens with one attached hydrogen (secondary N) is 1. The molecule has 1 N–H and O–H groups in total. The maximum absolute atomic E-state index is 12.1. The molecule has 2 aromatic carbocycles. The SMILES string of the molecule is Cc1ccccc1S(=O)(=O)NCCSc1ccccc1. The third-order valence-electron chi connectivity index (χ3n) is 2.79. The molecule has 2 rings (SSSR count). The average molecular weight is 307 g/mol. The van der Waals surface area contributed by atoms with Crippen molar-refractivity contribution >= 4 is 21.8 Å². The summed E-state index contributed by atoms with van der Waals surface area (Å²) in [5.41, 5.74) is 0.760. The number of hydrogen-bond donors (Lipinski definition) is 1. The predicted octanol–water partition coefficient (Wildman–Crippen LogP) is 3.07. The Labute approximate surface area is 124 Å². The topological polar surface area (TPSA) is 46.2 Å². The second-order valence-corrected chi connectivity index (χ2v) is 7.23. The van der Waals surface area contributed by atoms with Crippen LogP contribution in [0.1, 0.15) is 5.56 Å². The number of aryl methyl sites for hydroxylation is 1. The first-order valence-corrected chi connectivity index (χ1v) is 8.79. The van der Waals surface area contributed by atoms with Gasteiger partial charge in [-0.3, -0.25) is 0 Å². The fourth-order valence-corrected chi connectivity index (χ4v) is 3.99. The molecule has 0 atom stereocenters. The molecule has 20 heavy (non-hydrogen) atoms. The van der Waals surface area contributed by atoms with Crippen LogP contribution in [0, 0.1) is 6.92 Å². The standard InChI is InChI=1S/C15H17NO2S2/c1-13-7-5-6-10-15(13)20(17,18)16-11-12-19-14-8-3-2-4-9-14/h2-10,16H,11-12H2,1H3. The van der Waals surface area contributed by atoms with E-state index in [4.69, 9.17) is 0 Å². The van der Waals surface area contributed by atoms with E-state index in [1.165, 1.54) is 0 Å². The second-order valence-electron chi connectivity index (χ2n) is 4.32. The lowest BCUT2D eigenvalue weighted by Gasteiger charge is -2.08. The molecule has 0 unspecified atom stereocenters. The third kappa shape index (κ3) is 4.10. The molecule has 0 saturated carbocycles. The molecule has 0 aliphatic rings. The molecule has 0 heterocycles. The zero-order chi connectivity index (χ0) is 14.4. The summed E-state index contributed by atoms with van der Waals surface area (Å²) < 4.78 is 26.9. The number of hydrogen-bond acceptors (Lipinski definition) is 3. The van der Waals surface area contributed by atoms with Gasteiger partial charge >= 0.3 is 0 Å². The maximum Gasteiger partial charge on any atom is 0.240 e. The normalized spacial score (nSPS) is 11.4. The van der Waals surface area contributed by atoms with Gasteiger partial charge in [-0.05, 0) is 30.7 Å². The number of benzene rings is 2. The molecule has 0 spiro atoms. The molecule has 5 heteroatoms. The molecule has 0 aliphatic heterocycles. The summed E-state index contributed by atoms with van der Waals surface area (Å²) in [5.74, 6) is 0.703. The summed E-state index contributed by atoms with van der Waals surface area (Å²) in [6, 6.07) is 16.9. The fourth-order valence-electron chi connectivity index (χ4n) is 1.80. The highest BCUT2D eigenvalue weighted by atomic mass is 32.2. The van der Waals surface area contributed by atoms with E-state index in [9.17, 15) is 8.42 Å². The lowest BCUT2D eigenvalue weighted by atomic mass is 10.2. The molecule has 0 bridgehead atoms. The van der Waals surface area contributed by atoms with Gasteiger partial charge in [0.05, 0.1) is 4.90 Å².